The molecule has 1 aliphatic rings. The van der Waals surface area contributed by atoms with Crippen LogP contribution in [-0.4, -0.2) is 66.7 Å². The van der Waals surface area contributed by atoms with Gasteiger partial charge in [-0.05, 0) is 24.6 Å². The van der Waals surface area contributed by atoms with E-state index in [9.17, 15) is 4.79 Å². The zero-order valence-electron chi connectivity index (χ0n) is 13.0. The SMILES string of the molecule is C[C@@H](NC(=O)CN1CCN(CCO)CC1)c1ccc(Cl)cc1. The number of nitrogens with zero attached hydrogens (tertiary/aromatic N) is 2. The summed E-state index contributed by atoms with van der Waals surface area (Å²) in [5, 5.41) is 12.6. The third-order valence-corrected chi connectivity index (χ3v) is 4.25. The molecule has 0 radical (unpaired) electrons. The van der Waals surface area contributed by atoms with E-state index in [1.54, 1.807) is 0 Å². The van der Waals surface area contributed by atoms with Gasteiger partial charge in [-0.1, -0.05) is 23.7 Å². The summed E-state index contributed by atoms with van der Waals surface area (Å²) in [7, 11) is 0. The van der Waals surface area contributed by atoms with Crippen molar-refractivity contribution >= 4 is 17.5 Å². The second-order valence-corrected chi connectivity index (χ2v) is 6.12. The van der Waals surface area contributed by atoms with Crippen LogP contribution in [0.2, 0.25) is 5.02 Å². The first kappa shape index (κ1) is 17.2. The van der Waals surface area contributed by atoms with Crippen molar-refractivity contribution in [1.82, 2.24) is 15.1 Å². The lowest BCUT2D eigenvalue weighted by atomic mass is 10.1. The Labute approximate surface area is 136 Å². The van der Waals surface area contributed by atoms with Crippen LogP contribution in [0.15, 0.2) is 24.3 Å². The highest BCUT2D eigenvalue weighted by Crippen LogP contribution is 2.16. The van der Waals surface area contributed by atoms with Gasteiger partial charge in [-0.2, -0.15) is 0 Å². The first-order valence-corrected chi connectivity index (χ1v) is 8.06. The average molecular weight is 326 g/mol. The van der Waals surface area contributed by atoms with Crippen LogP contribution in [0, 0.1) is 0 Å². The quantitative estimate of drug-likeness (QED) is 0.823. The molecule has 1 fully saturated rings. The van der Waals surface area contributed by atoms with Gasteiger partial charge < -0.3 is 10.4 Å². The lowest BCUT2D eigenvalue weighted by Gasteiger charge is -2.34. The van der Waals surface area contributed by atoms with Gasteiger partial charge in [0, 0.05) is 37.7 Å². The van der Waals surface area contributed by atoms with E-state index in [-0.39, 0.29) is 18.6 Å². The molecular weight excluding hydrogens is 302 g/mol. The summed E-state index contributed by atoms with van der Waals surface area (Å²) < 4.78 is 0. The van der Waals surface area contributed by atoms with Crippen molar-refractivity contribution in [2.45, 2.75) is 13.0 Å². The second-order valence-electron chi connectivity index (χ2n) is 5.68. The van der Waals surface area contributed by atoms with Crippen molar-refractivity contribution in [3.63, 3.8) is 0 Å². The van der Waals surface area contributed by atoms with Crippen LogP contribution >= 0.6 is 11.6 Å². The summed E-state index contributed by atoms with van der Waals surface area (Å²) in [5.74, 6) is 0.0399. The third-order valence-electron chi connectivity index (χ3n) is 4.00. The number of aliphatic hydroxyl groups is 1. The van der Waals surface area contributed by atoms with Crippen LogP contribution in [-0.2, 0) is 4.79 Å². The van der Waals surface area contributed by atoms with E-state index < -0.39 is 0 Å². The largest absolute Gasteiger partial charge is 0.395 e. The van der Waals surface area contributed by atoms with E-state index in [0.717, 1.165) is 31.7 Å². The molecule has 1 amide bonds. The topological polar surface area (TPSA) is 55.8 Å². The number of β-amino-alcohol motifs (C(OH)–C–C–N with tert-alkyl or cyclic N) is 1. The highest BCUT2D eigenvalue weighted by molar-refractivity contribution is 6.30. The highest BCUT2D eigenvalue weighted by atomic mass is 35.5. The number of hydrogen-bond acceptors (Lipinski definition) is 4. The van der Waals surface area contributed by atoms with Gasteiger partial charge in [0.1, 0.15) is 0 Å². The van der Waals surface area contributed by atoms with Gasteiger partial charge >= 0.3 is 0 Å². The molecule has 0 aromatic heterocycles. The van der Waals surface area contributed by atoms with Crippen LogP contribution in [0.4, 0.5) is 0 Å². The van der Waals surface area contributed by atoms with Crippen molar-refractivity contribution < 1.29 is 9.90 Å². The first-order valence-electron chi connectivity index (χ1n) is 7.69. The lowest BCUT2D eigenvalue weighted by Crippen LogP contribution is -2.50. The fourth-order valence-electron chi connectivity index (χ4n) is 2.64. The monoisotopic (exact) mass is 325 g/mol. The predicted octanol–water partition coefficient (Wildman–Crippen LogP) is 1.13. The second kappa shape index (κ2) is 8.48. The minimum absolute atomic E-state index is 0.0274. The van der Waals surface area contributed by atoms with Gasteiger partial charge in [-0.3, -0.25) is 14.6 Å². The van der Waals surface area contributed by atoms with E-state index in [0.29, 0.717) is 18.1 Å². The molecule has 1 aromatic rings. The summed E-state index contributed by atoms with van der Waals surface area (Å²) in [6.45, 7) is 6.84. The highest BCUT2D eigenvalue weighted by Gasteiger charge is 2.19. The number of halogens is 1. The Balaban J connectivity index is 1.75. The van der Waals surface area contributed by atoms with E-state index >= 15 is 0 Å². The maximum Gasteiger partial charge on any atom is 0.234 e. The number of carbonyl (C=O) groups excluding carboxylic acids is 1. The number of piperazine rings is 1. The number of carbonyl (C=O) groups is 1. The minimum Gasteiger partial charge on any atom is -0.395 e. The summed E-state index contributed by atoms with van der Waals surface area (Å²) in [5.41, 5.74) is 1.05. The summed E-state index contributed by atoms with van der Waals surface area (Å²) >= 11 is 5.87. The van der Waals surface area contributed by atoms with Gasteiger partial charge in [0.25, 0.3) is 0 Å². The summed E-state index contributed by atoms with van der Waals surface area (Å²) in [6.07, 6.45) is 0. The van der Waals surface area contributed by atoms with Gasteiger partial charge in [-0.15, -0.1) is 0 Å². The van der Waals surface area contributed by atoms with Gasteiger partial charge in [-0.25, -0.2) is 0 Å². The maximum atomic E-state index is 12.1. The fourth-order valence-corrected chi connectivity index (χ4v) is 2.76. The standard InChI is InChI=1S/C16H24ClN3O2/c1-13(14-2-4-15(17)5-3-14)18-16(22)12-20-8-6-19(7-9-20)10-11-21/h2-5,13,21H,6-12H2,1H3,(H,18,22)/t13-/m1/s1. The van der Waals surface area contributed by atoms with Crippen molar-refractivity contribution in [3.8, 4) is 0 Å². The van der Waals surface area contributed by atoms with Gasteiger partial charge in [0.15, 0.2) is 0 Å². The molecule has 1 aromatic carbocycles. The van der Waals surface area contributed by atoms with E-state index in [1.165, 1.54) is 0 Å². The Bertz CT molecular complexity index is 473. The molecule has 122 valence electrons. The molecule has 1 aliphatic heterocycles. The number of hydrogen-bond donors (Lipinski definition) is 2. The Morgan fingerprint density at radius 2 is 1.82 bits per heavy atom. The molecule has 1 saturated heterocycles. The number of benzene rings is 1. The predicted molar refractivity (Wildman–Crippen MR) is 88.0 cm³/mol. The molecule has 0 bridgehead atoms. The third kappa shape index (κ3) is 5.25. The number of nitrogens with one attached hydrogen (secondary N) is 1. The van der Waals surface area contributed by atoms with Crippen molar-refractivity contribution in [3.05, 3.63) is 34.9 Å². The van der Waals surface area contributed by atoms with Crippen LogP contribution < -0.4 is 5.32 Å². The van der Waals surface area contributed by atoms with Crippen LogP contribution in [0.3, 0.4) is 0 Å². The van der Waals surface area contributed by atoms with Gasteiger partial charge in [0.05, 0.1) is 19.2 Å². The zero-order valence-corrected chi connectivity index (χ0v) is 13.7. The maximum absolute atomic E-state index is 12.1. The normalized spacial score (nSPS) is 18.1. The molecule has 0 spiro atoms. The van der Waals surface area contributed by atoms with Crippen molar-refractivity contribution in [2.24, 2.45) is 0 Å². The lowest BCUT2D eigenvalue weighted by molar-refractivity contribution is -0.123. The summed E-state index contributed by atoms with van der Waals surface area (Å²) in [4.78, 5) is 16.5. The van der Waals surface area contributed by atoms with Crippen molar-refractivity contribution in [2.75, 3.05) is 45.9 Å². The molecule has 0 unspecified atom stereocenters. The Morgan fingerprint density at radius 3 is 2.41 bits per heavy atom. The Morgan fingerprint density at radius 1 is 1.23 bits per heavy atom. The first-order chi connectivity index (χ1) is 10.6. The van der Waals surface area contributed by atoms with E-state index in [4.69, 9.17) is 16.7 Å². The number of rotatable bonds is 6. The molecule has 5 nitrogen and oxygen atoms in total. The Kier molecular flexibility index (Phi) is 6.64. The molecule has 2 rings (SSSR count). The molecule has 22 heavy (non-hydrogen) atoms. The molecule has 0 aliphatic carbocycles. The molecule has 1 heterocycles. The Hall–Kier alpha value is -1.14. The molecule has 0 saturated carbocycles. The van der Waals surface area contributed by atoms with E-state index in [2.05, 4.69) is 15.1 Å². The van der Waals surface area contributed by atoms with E-state index in [1.807, 2.05) is 31.2 Å². The molecule has 6 heteroatoms. The van der Waals surface area contributed by atoms with Crippen molar-refractivity contribution in [1.29, 1.82) is 0 Å². The fraction of sp³-hybridized carbons (Fsp3) is 0.562. The van der Waals surface area contributed by atoms with Crippen LogP contribution in [0.5, 0.6) is 0 Å². The molecular formula is C16H24ClN3O2. The minimum atomic E-state index is -0.0274. The summed E-state index contributed by atoms with van der Waals surface area (Å²) in [6, 6.07) is 7.50. The molecule has 2 N–H and O–H groups in total. The molecule has 1 atom stereocenters. The smallest absolute Gasteiger partial charge is 0.234 e. The zero-order chi connectivity index (χ0) is 15.9. The van der Waals surface area contributed by atoms with Gasteiger partial charge in [0.2, 0.25) is 5.91 Å². The average Bonchev–Trinajstić information content (AvgIpc) is 2.50. The van der Waals surface area contributed by atoms with Crippen LogP contribution in [0.25, 0.3) is 0 Å². The van der Waals surface area contributed by atoms with Crippen LogP contribution in [0.1, 0.15) is 18.5 Å². The number of amides is 1. The number of aliphatic hydroxyl groups excluding tert-OH is 1.